The van der Waals surface area contributed by atoms with Gasteiger partial charge in [-0.1, -0.05) is 37.7 Å². The summed E-state index contributed by atoms with van der Waals surface area (Å²) in [4.78, 5) is 23.0. The molecule has 0 saturated carbocycles. The number of benzene rings is 2. The van der Waals surface area contributed by atoms with E-state index in [1.165, 1.54) is 6.33 Å². The smallest absolute Gasteiger partial charge is 0.410 e. The molecule has 4 rings (SSSR count). The maximum Gasteiger partial charge on any atom is 0.410 e. The van der Waals surface area contributed by atoms with Crippen LogP contribution in [0, 0.1) is 17.3 Å². The molecule has 1 unspecified atom stereocenters. The van der Waals surface area contributed by atoms with Crippen molar-refractivity contribution in [3.63, 3.8) is 0 Å². The number of hydrogen-bond acceptors (Lipinski definition) is 5. The molecule has 1 amide bonds. The van der Waals surface area contributed by atoms with Crippen molar-refractivity contribution in [3.05, 3.63) is 59.7 Å². The molecule has 1 aliphatic heterocycles. The molecule has 0 aliphatic carbocycles. The molecule has 188 valence electrons. The molecule has 1 aromatic heterocycles. The van der Waals surface area contributed by atoms with E-state index in [2.05, 4.69) is 46.4 Å². The van der Waals surface area contributed by atoms with Crippen molar-refractivity contribution in [2.24, 2.45) is 0 Å². The SMILES string of the molecule is CC(C)(C)OC(=O)N1CCC(c2ccc3ncnc(Nc4cccc(C#C[Si](C)(C)C)c4F)c3c2)C1. The minimum absolute atomic E-state index is 0.173. The van der Waals surface area contributed by atoms with Crippen molar-refractivity contribution < 1.29 is 13.9 Å². The van der Waals surface area contributed by atoms with E-state index < -0.39 is 19.5 Å². The molecule has 36 heavy (non-hydrogen) atoms. The second-order valence-corrected chi connectivity index (χ2v) is 16.0. The third kappa shape index (κ3) is 6.21. The van der Waals surface area contributed by atoms with Crippen LogP contribution in [0.2, 0.25) is 19.6 Å². The number of carbonyl (C=O) groups is 1. The Morgan fingerprint density at radius 2 is 1.97 bits per heavy atom. The zero-order valence-corrected chi connectivity index (χ0v) is 22.8. The Balaban J connectivity index is 1.59. The van der Waals surface area contributed by atoms with Crippen molar-refractivity contribution in [3.8, 4) is 11.5 Å². The second-order valence-electron chi connectivity index (χ2n) is 11.2. The van der Waals surface area contributed by atoms with Gasteiger partial charge in [-0.25, -0.2) is 19.2 Å². The highest BCUT2D eigenvalue weighted by molar-refractivity contribution is 6.83. The van der Waals surface area contributed by atoms with Crippen LogP contribution in [0.15, 0.2) is 42.7 Å². The van der Waals surface area contributed by atoms with E-state index in [1.54, 1.807) is 23.1 Å². The second kappa shape index (κ2) is 9.90. The lowest BCUT2D eigenvalue weighted by molar-refractivity contribution is 0.0292. The predicted molar refractivity (Wildman–Crippen MR) is 145 cm³/mol. The van der Waals surface area contributed by atoms with Crippen LogP contribution in [0.4, 0.5) is 20.7 Å². The molecular formula is C28H33FN4O2Si. The normalized spacial score (nSPS) is 16.0. The molecule has 2 heterocycles. The number of hydrogen-bond donors (Lipinski definition) is 1. The molecule has 8 heteroatoms. The molecule has 2 aromatic carbocycles. The fourth-order valence-electron chi connectivity index (χ4n) is 4.06. The molecule has 0 radical (unpaired) electrons. The highest BCUT2D eigenvalue weighted by Gasteiger charge is 2.30. The minimum atomic E-state index is -1.64. The van der Waals surface area contributed by atoms with Gasteiger partial charge in [-0.2, -0.15) is 0 Å². The summed E-state index contributed by atoms with van der Waals surface area (Å²) in [6.45, 7) is 13.2. The van der Waals surface area contributed by atoms with Gasteiger partial charge >= 0.3 is 6.09 Å². The average molecular weight is 505 g/mol. The third-order valence-electron chi connectivity index (χ3n) is 5.79. The Morgan fingerprint density at radius 3 is 2.69 bits per heavy atom. The first-order chi connectivity index (χ1) is 16.9. The molecule has 1 N–H and O–H groups in total. The summed E-state index contributed by atoms with van der Waals surface area (Å²) in [7, 11) is -1.64. The Morgan fingerprint density at radius 1 is 1.19 bits per heavy atom. The van der Waals surface area contributed by atoms with Gasteiger partial charge in [0.05, 0.1) is 16.8 Å². The highest BCUT2D eigenvalue weighted by atomic mass is 28.3. The third-order valence-corrected chi connectivity index (χ3v) is 6.67. The molecular weight excluding hydrogens is 471 g/mol. The van der Waals surface area contributed by atoms with Crippen molar-refractivity contribution in [1.29, 1.82) is 0 Å². The number of ether oxygens (including phenoxy) is 1. The Hall–Kier alpha value is -3.44. The Bertz CT molecular complexity index is 1350. The molecule has 1 atom stereocenters. The van der Waals surface area contributed by atoms with Crippen LogP contribution in [0.5, 0.6) is 0 Å². The number of nitrogens with zero attached hydrogens (tertiary/aromatic N) is 3. The molecule has 1 saturated heterocycles. The fraction of sp³-hybridized carbons (Fsp3) is 0.393. The van der Waals surface area contributed by atoms with Crippen molar-refractivity contribution >= 4 is 36.6 Å². The molecule has 3 aromatic rings. The van der Waals surface area contributed by atoms with E-state index in [0.29, 0.717) is 30.2 Å². The van der Waals surface area contributed by atoms with Gasteiger partial charge in [0.15, 0.2) is 5.82 Å². The monoisotopic (exact) mass is 504 g/mol. The molecule has 6 nitrogen and oxygen atoms in total. The number of likely N-dealkylation sites (tertiary alicyclic amines) is 1. The zero-order valence-electron chi connectivity index (χ0n) is 21.8. The van der Waals surface area contributed by atoms with E-state index in [1.807, 2.05) is 39.0 Å². The van der Waals surface area contributed by atoms with Crippen molar-refractivity contribution in [2.45, 2.75) is 58.4 Å². The summed E-state index contributed by atoms with van der Waals surface area (Å²) in [5, 5.41) is 3.95. The molecule has 1 aliphatic rings. The van der Waals surface area contributed by atoms with Gasteiger partial charge in [0, 0.05) is 24.4 Å². The van der Waals surface area contributed by atoms with Gasteiger partial charge < -0.3 is 15.0 Å². The van der Waals surface area contributed by atoms with Crippen LogP contribution >= 0.6 is 0 Å². The first kappa shape index (κ1) is 25.6. The predicted octanol–water partition coefficient (Wildman–Crippen LogP) is 6.47. The summed E-state index contributed by atoms with van der Waals surface area (Å²) in [6.07, 6.45) is 2.02. The van der Waals surface area contributed by atoms with Crippen LogP contribution in [-0.4, -0.2) is 47.7 Å². The van der Waals surface area contributed by atoms with Gasteiger partial charge in [0.1, 0.15) is 25.8 Å². The summed E-state index contributed by atoms with van der Waals surface area (Å²) in [5.41, 5.74) is 5.23. The van der Waals surface area contributed by atoms with Crippen LogP contribution in [0.3, 0.4) is 0 Å². The lowest BCUT2D eigenvalue weighted by Gasteiger charge is -2.24. The van der Waals surface area contributed by atoms with Crippen LogP contribution in [0.1, 0.15) is 44.2 Å². The summed E-state index contributed by atoms with van der Waals surface area (Å²) >= 11 is 0. The van der Waals surface area contributed by atoms with Gasteiger partial charge in [0.2, 0.25) is 0 Å². The number of rotatable bonds is 3. The summed E-state index contributed by atoms with van der Waals surface area (Å²) < 4.78 is 20.8. The quantitative estimate of drug-likeness (QED) is 0.327. The highest BCUT2D eigenvalue weighted by Crippen LogP contribution is 2.32. The van der Waals surface area contributed by atoms with E-state index in [4.69, 9.17) is 4.74 Å². The largest absolute Gasteiger partial charge is 0.444 e. The van der Waals surface area contributed by atoms with Gasteiger partial charge in [-0.3, -0.25) is 0 Å². The minimum Gasteiger partial charge on any atom is -0.444 e. The fourth-order valence-corrected chi connectivity index (χ4v) is 4.57. The van der Waals surface area contributed by atoms with Crippen molar-refractivity contribution in [1.82, 2.24) is 14.9 Å². The van der Waals surface area contributed by atoms with Crippen LogP contribution in [0.25, 0.3) is 10.9 Å². The number of amides is 1. The first-order valence-electron chi connectivity index (χ1n) is 12.2. The number of fused-ring (bicyclic) bond motifs is 1. The van der Waals surface area contributed by atoms with E-state index in [9.17, 15) is 4.79 Å². The van der Waals surface area contributed by atoms with Gasteiger partial charge in [-0.15, -0.1) is 5.54 Å². The number of aromatic nitrogens is 2. The Labute approximate surface area is 213 Å². The average Bonchev–Trinajstić information content (AvgIpc) is 3.28. The maximum atomic E-state index is 15.3. The number of carbonyl (C=O) groups excluding carboxylic acids is 1. The van der Waals surface area contributed by atoms with E-state index in [0.717, 1.165) is 22.9 Å². The first-order valence-corrected chi connectivity index (χ1v) is 15.7. The van der Waals surface area contributed by atoms with E-state index in [-0.39, 0.29) is 12.0 Å². The van der Waals surface area contributed by atoms with Gasteiger partial charge in [-0.05, 0) is 57.0 Å². The number of anilines is 2. The van der Waals surface area contributed by atoms with Crippen molar-refractivity contribution in [2.75, 3.05) is 18.4 Å². The van der Waals surface area contributed by atoms with Crippen LogP contribution in [-0.2, 0) is 4.74 Å². The molecule has 1 fully saturated rings. The van der Waals surface area contributed by atoms with Crippen LogP contribution < -0.4 is 5.32 Å². The Kier molecular flexibility index (Phi) is 7.05. The number of halogens is 1. The maximum absolute atomic E-state index is 15.3. The molecule has 0 bridgehead atoms. The molecule has 0 spiro atoms. The summed E-state index contributed by atoms with van der Waals surface area (Å²) in [5.74, 6) is 3.32. The van der Waals surface area contributed by atoms with E-state index >= 15 is 4.39 Å². The lowest BCUT2D eigenvalue weighted by atomic mass is 9.97. The zero-order chi connectivity index (χ0) is 26.1. The van der Waals surface area contributed by atoms with Gasteiger partial charge in [0.25, 0.3) is 0 Å². The lowest BCUT2D eigenvalue weighted by Crippen LogP contribution is -2.35. The number of nitrogens with one attached hydrogen (secondary N) is 1. The topological polar surface area (TPSA) is 67.3 Å². The standard InChI is InChI=1S/C28H33FN4O2Si/c1-28(2,3)35-27(34)33-14-12-21(17-33)20-10-11-23-22(16-20)26(31-18-30-23)32-24-9-7-8-19(25(24)29)13-15-36(4,5)6/h7-11,16,18,21H,12,14,17H2,1-6H3,(H,30,31,32). The summed E-state index contributed by atoms with van der Waals surface area (Å²) in [6, 6.07) is 11.2.